The summed E-state index contributed by atoms with van der Waals surface area (Å²) in [4.78, 5) is -1.25. The van der Waals surface area contributed by atoms with Gasteiger partial charge in [-0.3, -0.25) is 0 Å². The van der Waals surface area contributed by atoms with Crippen molar-refractivity contribution in [3.05, 3.63) is 28.9 Å². The van der Waals surface area contributed by atoms with E-state index in [1.165, 1.54) is 12.1 Å². The van der Waals surface area contributed by atoms with Gasteiger partial charge in [-0.2, -0.15) is 10.5 Å². The third-order valence-electron chi connectivity index (χ3n) is 2.26. The van der Waals surface area contributed by atoms with Crippen LogP contribution in [-0.4, -0.2) is 16.8 Å². The van der Waals surface area contributed by atoms with Gasteiger partial charge in [0.15, 0.2) is 0 Å². The zero-order valence-corrected chi connectivity index (χ0v) is 13.0. The normalized spacial score (nSPS) is 11.1. The molecule has 12 heteroatoms. The first-order valence-corrected chi connectivity index (χ1v) is 8.64. The number of halogens is 1. The summed E-state index contributed by atoms with van der Waals surface area (Å²) in [6.45, 7) is 0. The molecule has 0 atom stereocenters. The molecule has 0 unspecified atom stereocenters. The minimum Gasteiger partial charge on any atom is -0.359 e. The van der Waals surface area contributed by atoms with Gasteiger partial charge in [-0.15, -0.1) is 0 Å². The van der Waals surface area contributed by atoms with Crippen LogP contribution in [0.15, 0.2) is 33.7 Å². The molecule has 0 aliphatic carbocycles. The Morgan fingerprint density at radius 3 is 2.00 bits per heavy atom. The number of nitrogens with zero attached hydrogens (tertiary/aromatic N) is 2. The largest absolute Gasteiger partial charge is 0.359 e. The van der Waals surface area contributed by atoms with Crippen molar-refractivity contribution in [1.82, 2.24) is 0 Å². The lowest BCUT2D eigenvalue weighted by atomic mass is 10.3. The Kier molecular flexibility index (Phi) is 5.13. The summed E-state index contributed by atoms with van der Waals surface area (Å²) >= 11 is 5.73. The van der Waals surface area contributed by atoms with E-state index in [9.17, 15) is 16.8 Å². The number of nitriles is 2. The second-order valence-electron chi connectivity index (χ2n) is 3.79. The van der Waals surface area contributed by atoms with Crippen LogP contribution in [0.1, 0.15) is 0 Å². The van der Waals surface area contributed by atoms with Gasteiger partial charge in [0.2, 0.25) is 20.0 Å². The van der Waals surface area contributed by atoms with Crippen LogP contribution >= 0.6 is 11.6 Å². The number of hydrogen-bond acceptors (Lipinski definition) is 7. The Bertz CT molecular complexity index is 923. The maximum atomic E-state index is 11.5. The van der Waals surface area contributed by atoms with Gasteiger partial charge < -0.3 is 5.32 Å². The molecular formula is C10H8ClN5O4S2. The second kappa shape index (κ2) is 6.31. The number of anilines is 1. The number of benzene rings is 1. The molecule has 0 amide bonds. The van der Waals surface area contributed by atoms with Gasteiger partial charge in [0.05, 0.1) is 10.7 Å². The van der Waals surface area contributed by atoms with Crippen molar-refractivity contribution in [3.63, 3.8) is 0 Å². The number of rotatable bonds is 4. The topological polar surface area (TPSA) is 180 Å². The Morgan fingerprint density at radius 2 is 1.59 bits per heavy atom. The summed E-state index contributed by atoms with van der Waals surface area (Å²) in [6.07, 6.45) is 0.914. The Balaban J connectivity index is 3.61. The van der Waals surface area contributed by atoms with Crippen LogP contribution in [0.5, 0.6) is 0 Å². The molecule has 0 aromatic heterocycles. The first-order chi connectivity index (χ1) is 10.0. The molecule has 1 aromatic rings. The fraction of sp³-hybridized carbons (Fsp3) is 0. The van der Waals surface area contributed by atoms with Gasteiger partial charge in [0.1, 0.15) is 27.5 Å². The van der Waals surface area contributed by atoms with Gasteiger partial charge in [-0.1, -0.05) is 11.6 Å². The van der Waals surface area contributed by atoms with Crippen LogP contribution in [-0.2, 0) is 20.0 Å². The molecule has 0 heterocycles. The molecule has 116 valence electrons. The number of primary sulfonamides is 2. The highest BCUT2D eigenvalue weighted by Crippen LogP contribution is 2.30. The Hall–Kier alpha value is -2.15. The van der Waals surface area contributed by atoms with Crippen LogP contribution in [0, 0.1) is 22.7 Å². The van der Waals surface area contributed by atoms with E-state index in [2.05, 4.69) is 5.32 Å². The van der Waals surface area contributed by atoms with Crippen LogP contribution < -0.4 is 15.6 Å². The van der Waals surface area contributed by atoms with Gasteiger partial charge in [0, 0.05) is 6.20 Å². The first kappa shape index (κ1) is 17.9. The maximum absolute atomic E-state index is 11.5. The van der Waals surface area contributed by atoms with Crippen molar-refractivity contribution in [3.8, 4) is 12.1 Å². The van der Waals surface area contributed by atoms with Crippen molar-refractivity contribution >= 4 is 37.3 Å². The van der Waals surface area contributed by atoms with E-state index in [4.69, 9.17) is 32.4 Å². The molecule has 5 N–H and O–H groups in total. The molecule has 0 saturated heterocycles. The molecule has 0 aliphatic rings. The summed E-state index contributed by atoms with van der Waals surface area (Å²) in [5.74, 6) is 0. The Labute approximate surface area is 131 Å². The lowest BCUT2D eigenvalue weighted by Crippen LogP contribution is -2.18. The number of nitrogens with one attached hydrogen (secondary N) is 1. The van der Waals surface area contributed by atoms with Crippen LogP contribution in [0.3, 0.4) is 0 Å². The molecule has 0 bridgehead atoms. The van der Waals surface area contributed by atoms with Crippen LogP contribution in [0.25, 0.3) is 0 Å². The fourth-order valence-corrected chi connectivity index (χ4v) is 3.22. The average molecular weight is 362 g/mol. The summed E-state index contributed by atoms with van der Waals surface area (Å²) in [5.41, 5.74) is -0.574. The van der Waals surface area contributed by atoms with Gasteiger partial charge in [-0.05, 0) is 12.1 Å². The van der Waals surface area contributed by atoms with E-state index >= 15 is 0 Å². The van der Waals surface area contributed by atoms with Gasteiger partial charge in [-0.25, -0.2) is 27.1 Å². The minimum atomic E-state index is -4.33. The highest BCUT2D eigenvalue weighted by molar-refractivity contribution is 7.90. The van der Waals surface area contributed by atoms with Crippen molar-refractivity contribution in [2.75, 3.05) is 5.32 Å². The van der Waals surface area contributed by atoms with E-state index in [-0.39, 0.29) is 16.3 Å². The minimum absolute atomic E-state index is 0.220. The monoisotopic (exact) mass is 361 g/mol. The van der Waals surface area contributed by atoms with Crippen LogP contribution in [0.2, 0.25) is 5.02 Å². The standard InChI is InChI=1S/C10H8ClN5O4S2/c11-7-1-8(16-5-6(3-12)4-13)10(22(15,19)20)2-9(7)21(14,17)18/h1-2,5,16H,(H2,14,17,18)(H2,15,19,20). The second-order valence-corrected chi connectivity index (χ2v) is 7.26. The highest BCUT2D eigenvalue weighted by Gasteiger charge is 2.22. The predicted octanol–water partition coefficient (Wildman–Crippen LogP) is -0.0222. The quantitative estimate of drug-likeness (QED) is 0.629. The molecule has 0 radical (unpaired) electrons. The van der Waals surface area contributed by atoms with E-state index in [0.717, 1.165) is 12.3 Å². The molecule has 9 nitrogen and oxygen atoms in total. The maximum Gasteiger partial charge on any atom is 0.240 e. The number of sulfonamides is 2. The molecule has 22 heavy (non-hydrogen) atoms. The predicted molar refractivity (Wildman–Crippen MR) is 77.1 cm³/mol. The summed E-state index contributed by atoms with van der Waals surface area (Å²) in [5, 5.41) is 29.1. The molecule has 0 saturated carbocycles. The van der Waals surface area contributed by atoms with Gasteiger partial charge >= 0.3 is 0 Å². The molecular weight excluding hydrogens is 354 g/mol. The van der Waals surface area contributed by atoms with Crippen molar-refractivity contribution in [2.24, 2.45) is 10.3 Å². The highest BCUT2D eigenvalue weighted by atomic mass is 35.5. The zero-order chi connectivity index (χ0) is 17.1. The molecule has 0 spiro atoms. The van der Waals surface area contributed by atoms with E-state index in [0.29, 0.717) is 6.07 Å². The lowest BCUT2D eigenvalue weighted by Gasteiger charge is -2.11. The first-order valence-electron chi connectivity index (χ1n) is 5.16. The average Bonchev–Trinajstić information content (AvgIpc) is 2.36. The molecule has 0 fully saturated rings. The third kappa shape index (κ3) is 4.17. The molecule has 1 aromatic carbocycles. The third-order valence-corrected chi connectivity index (χ3v) is 4.59. The van der Waals surface area contributed by atoms with Crippen molar-refractivity contribution < 1.29 is 16.8 Å². The number of nitrogens with two attached hydrogens (primary N) is 2. The number of allylic oxidation sites excluding steroid dienone is 1. The fourth-order valence-electron chi connectivity index (χ4n) is 1.34. The summed E-state index contributed by atoms with van der Waals surface area (Å²) < 4.78 is 45.8. The smallest absolute Gasteiger partial charge is 0.240 e. The molecule has 1 rings (SSSR count). The lowest BCUT2D eigenvalue weighted by molar-refractivity contribution is 0.596. The van der Waals surface area contributed by atoms with Gasteiger partial charge in [0.25, 0.3) is 0 Å². The van der Waals surface area contributed by atoms with E-state index in [1.807, 2.05) is 0 Å². The summed E-state index contributed by atoms with van der Waals surface area (Å²) in [6, 6.07) is 4.71. The van der Waals surface area contributed by atoms with Crippen LogP contribution in [0.4, 0.5) is 5.69 Å². The van der Waals surface area contributed by atoms with Crippen molar-refractivity contribution in [1.29, 1.82) is 10.5 Å². The van der Waals surface area contributed by atoms with E-state index < -0.39 is 29.8 Å². The van der Waals surface area contributed by atoms with E-state index in [1.54, 1.807) is 0 Å². The molecule has 0 aliphatic heterocycles. The SMILES string of the molecule is N#CC(C#N)=CNc1cc(Cl)c(S(N)(=O)=O)cc1S(N)(=O)=O. The zero-order valence-electron chi connectivity index (χ0n) is 10.6. The Morgan fingerprint density at radius 1 is 1.09 bits per heavy atom. The summed E-state index contributed by atoms with van der Waals surface area (Å²) in [7, 11) is -8.60. The van der Waals surface area contributed by atoms with Crippen molar-refractivity contribution in [2.45, 2.75) is 9.79 Å². The number of hydrogen-bond donors (Lipinski definition) is 3.